The van der Waals surface area contributed by atoms with Crippen molar-refractivity contribution >= 4 is 28.1 Å². The molecule has 3 aromatic rings. The molecule has 0 bridgehead atoms. The molecule has 1 aromatic carbocycles. The molecular weight excluding hydrogens is 284 g/mol. The van der Waals surface area contributed by atoms with Crippen LogP contribution in [-0.2, 0) is 0 Å². The Bertz CT molecular complexity index is 837. The molecule has 1 amide bonds. The minimum atomic E-state index is -0.371. The molecule has 4 nitrogen and oxygen atoms in total. The summed E-state index contributed by atoms with van der Waals surface area (Å²) in [6, 6.07) is 12.8. The van der Waals surface area contributed by atoms with E-state index in [2.05, 4.69) is 10.3 Å². The van der Waals surface area contributed by atoms with Gasteiger partial charge in [-0.15, -0.1) is 11.3 Å². The third-order valence-electron chi connectivity index (χ3n) is 3.32. The van der Waals surface area contributed by atoms with Gasteiger partial charge in [0.1, 0.15) is 5.56 Å². The molecule has 1 atom stereocenters. The first kappa shape index (κ1) is 13.6. The van der Waals surface area contributed by atoms with E-state index in [9.17, 15) is 9.59 Å². The van der Waals surface area contributed by atoms with Crippen molar-refractivity contribution in [3.63, 3.8) is 0 Å². The molecule has 0 saturated carbocycles. The highest BCUT2D eigenvalue weighted by molar-refractivity contribution is 7.10. The van der Waals surface area contributed by atoms with Crippen molar-refractivity contribution in [3.05, 3.63) is 68.6 Å². The number of hydrogen-bond acceptors (Lipinski definition) is 3. The molecule has 106 valence electrons. The van der Waals surface area contributed by atoms with Gasteiger partial charge in [0.05, 0.1) is 6.04 Å². The third kappa shape index (κ3) is 2.73. The first-order valence-corrected chi connectivity index (χ1v) is 7.49. The quantitative estimate of drug-likeness (QED) is 0.780. The summed E-state index contributed by atoms with van der Waals surface area (Å²) in [6.45, 7) is 1.90. The second-order valence-corrected chi connectivity index (χ2v) is 5.79. The van der Waals surface area contributed by atoms with Crippen LogP contribution in [0.5, 0.6) is 0 Å². The van der Waals surface area contributed by atoms with Crippen molar-refractivity contribution in [3.8, 4) is 0 Å². The smallest absolute Gasteiger partial charge is 0.261 e. The molecule has 2 heterocycles. The lowest BCUT2D eigenvalue weighted by molar-refractivity contribution is 0.0939. The molecule has 0 aliphatic carbocycles. The zero-order valence-corrected chi connectivity index (χ0v) is 12.2. The number of hydrogen-bond donors (Lipinski definition) is 2. The van der Waals surface area contributed by atoms with Gasteiger partial charge in [0.2, 0.25) is 0 Å². The summed E-state index contributed by atoms with van der Waals surface area (Å²) in [6.07, 6.45) is 0. The summed E-state index contributed by atoms with van der Waals surface area (Å²) < 4.78 is 0. The summed E-state index contributed by atoms with van der Waals surface area (Å²) in [5.41, 5.74) is 0.493. The van der Waals surface area contributed by atoms with Crippen molar-refractivity contribution in [2.24, 2.45) is 0 Å². The van der Waals surface area contributed by atoms with Crippen molar-refractivity contribution in [2.45, 2.75) is 13.0 Å². The van der Waals surface area contributed by atoms with Gasteiger partial charge in [0.25, 0.3) is 11.5 Å². The van der Waals surface area contributed by atoms with Crippen molar-refractivity contribution in [1.29, 1.82) is 0 Å². The van der Waals surface area contributed by atoms with Crippen molar-refractivity contribution < 1.29 is 4.79 Å². The highest BCUT2D eigenvalue weighted by atomic mass is 32.1. The molecule has 0 radical (unpaired) electrons. The highest BCUT2D eigenvalue weighted by Crippen LogP contribution is 2.18. The minimum Gasteiger partial charge on any atom is -0.345 e. The van der Waals surface area contributed by atoms with Crippen LogP contribution in [0.15, 0.2) is 52.6 Å². The van der Waals surface area contributed by atoms with E-state index in [1.807, 2.05) is 48.7 Å². The Morgan fingerprint density at radius 2 is 2.05 bits per heavy atom. The van der Waals surface area contributed by atoms with Crippen LogP contribution in [0.1, 0.15) is 28.2 Å². The average Bonchev–Trinajstić information content (AvgIpc) is 3.00. The second kappa shape index (κ2) is 5.54. The maximum atomic E-state index is 12.3. The van der Waals surface area contributed by atoms with Crippen LogP contribution in [0.2, 0.25) is 0 Å². The van der Waals surface area contributed by atoms with Gasteiger partial charge in [0, 0.05) is 10.4 Å². The molecule has 2 N–H and O–H groups in total. The monoisotopic (exact) mass is 298 g/mol. The van der Waals surface area contributed by atoms with E-state index in [-0.39, 0.29) is 23.1 Å². The van der Waals surface area contributed by atoms with E-state index < -0.39 is 0 Å². The van der Waals surface area contributed by atoms with Gasteiger partial charge >= 0.3 is 0 Å². The summed E-state index contributed by atoms with van der Waals surface area (Å²) in [5.74, 6) is -0.358. The fourth-order valence-corrected chi connectivity index (χ4v) is 2.93. The maximum absolute atomic E-state index is 12.3. The zero-order valence-electron chi connectivity index (χ0n) is 11.4. The predicted molar refractivity (Wildman–Crippen MR) is 84.8 cm³/mol. The first-order chi connectivity index (χ1) is 10.1. The number of H-pyrrole nitrogens is 1. The Morgan fingerprint density at radius 1 is 1.24 bits per heavy atom. The minimum absolute atomic E-state index is 0.122. The van der Waals surface area contributed by atoms with Gasteiger partial charge in [-0.3, -0.25) is 9.59 Å². The van der Waals surface area contributed by atoms with Gasteiger partial charge in [-0.05, 0) is 35.9 Å². The number of para-hydroxylation sites is 1. The SMILES string of the molecule is C[C@@H](NC(=O)c1cc2ccccc2[nH]c1=O)c1cccs1. The number of pyridine rings is 1. The molecule has 2 aromatic heterocycles. The van der Waals surface area contributed by atoms with Crippen LogP contribution in [0.4, 0.5) is 0 Å². The summed E-state index contributed by atoms with van der Waals surface area (Å²) >= 11 is 1.57. The number of rotatable bonds is 3. The van der Waals surface area contributed by atoms with E-state index in [1.54, 1.807) is 17.4 Å². The molecule has 0 saturated heterocycles. The lowest BCUT2D eigenvalue weighted by atomic mass is 10.1. The van der Waals surface area contributed by atoms with E-state index in [0.29, 0.717) is 0 Å². The average molecular weight is 298 g/mol. The largest absolute Gasteiger partial charge is 0.345 e. The molecule has 0 spiro atoms. The van der Waals surface area contributed by atoms with Crippen LogP contribution in [-0.4, -0.2) is 10.9 Å². The third-order valence-corrected chi connectivity index (χ3v) is 4.37. The van der Waals surface area contributed by atoms with E-state index >= 15 is 0 Å². The standard InChI is InChI=1S/C16H14N2O2S/c1-10(14-7-4-8-21-14)17-15(19)12-9-11-5-2-3-6-13(11)18-16(12)20/h2-10H,1H3,(H,17,19)(H,18,20)/t10-/m1/s1. The van der Waals surface area contributed by atoms with Crippen molar-refractivity contribution in [2.75, 3.05) is 0 Å². The number of amides is 1. The molecule has 0 aliphatic rings. The number of carbonyl (C=O) groups excluding carboxylic acids is 1. The van der Waals surface area contributed by atoms with Crippen LogP contribution in [0.25, 0.3) is 10.9 Å². The van der Waals surface area contributed by atoms with E-state index in [4.69, 9.17) is 0 Å². The van der Waals surface area contributed by atoms with Crippen LogP contribution < -0.4 is 10.9 Å². The molecular formula is C16H14N2O2S. The van der Waals surface area contributed by atoms with Gasteiger partial charge in [0.15, 0.2) is 0 Å². The number of benzene rings is 1. The van der Waals surface area contributed by atoms with E-state index in [1.165, 1.54) is 0 Å². The van der Waals surface area contributed by atoms with Crippen LogP contribution >= 0.6 is 11.3 Å². The number of thiophene rings is 1. The molecule has 3 rings (SSSR count). The summed E-state index contributed by atoms with van der Waals surface area (Å²) in [4.78, 5) is 28.1. The molecule has 5 heteroatoms. The van der Waals surface area contributed by atoms with Gasteiger partial charge in [-0.2, -0.15) is 0 Å². The Morgan fingerprint density at radius 3 is 2.81 bits per heavy atom. The van der Waals surface area contributed by atoms with E-state index in [0.717, 1.165) is 15.8 Å². The Hall–Kier alpha value is -2.40. The molecule has 0 aliphatic heterocycles. The second-order valence-electron chi connectivity index (χ2n) is 4.81. The zero-order chi connectivity index (χ0) is 14.8. The molecule has 21 heavy (non-hydrogen) atoms. The normalized spacial score (nSPS) is 12.2. The van der Waals surface area contributed by atoms with Crippen LogP contribution in [0.3, 0.4) is 0 Å². The Balaban J connectivity index is 1.91. The highest BCUT2D eigenvalue weighted by Gasteiger charge is 2.15. The maximum Gasteiger partial charge on any atom is 0.261 e. The topological polar surface area (TPSA) is 62.0 Å². The van der Waals surface area contributed by atoms with Crippen LogP contribution in [0, 0.1) is 0 Å². The van der Waals surface area contributed by atoms with Crippen molar-refractivity contribution in [1.82, 2.24) is 10.3 Å². The lowest BCUT2D eigenvalue weighted by Crippen LogP contribution is -2.31. The summed E-state index contributed by atoms with van der Waals surface area (Å²) in [7, 11) is 0. The Labute approximate surface area is 125 Å². The predicted octanol–water partition coefficient (Wildman–Crippen LogP) is 3.08. The first-order valence-electron chi connectivity index (χ1n) is 6.61. The number of aromatic nitrogens is 1. The molecule has 0 fully saturated rings. The van der Waals surface area contributed by atoms with Gasteiger partial charge in [-0.1, -0.05) is 24.3 Å². The number of carbonyl (C=O) groups is 1. The van der Waals surface area contributed by atoms with Gasteiger partial charge < -0.3 is 10.3 Å². The number of aromatic amines is 1. The lowest BCUT2D eigenvalue weighted by Gasteiger charge is -2.12. The van der Waals surface area contributed by atoms with Gasteiger partial charge in [-0.25, -0.2) is 0 Å². The number of nitrogens with one attached hydrogen (secondary N) is 2. The molecule has 0 unspecified atom stereocenters. The fourth-order valence-electron chi connectivity index (χ4n) is 2.20. The Kier molecular flexibility index (Phi) is 3.58. The number of fused-ring (bicyclic) bond motifs is 1. The fraction of sp³-hybridized carbons (Fsp3) is 0.125. The summed E-state index contributed by atoms with van der Waals surface area (Å²) in [5, 5.41) is 5.65.